The van der Waals surface area contributed by atoms with Gasteiger partial charge >= 0.3 is 0 Å². The maximum Gasteiger partial charge on any atom is 0.141 e. The van der Waals surface area contributed by atoms with Crippen molar-refractivity contribution >= 4 is 11.4 Å². The number of phenolic OH excluding ortho intramolecular Hbond substituents is 2. The van der Waals surface area contributed by atoms with E-state index < -0.39 is 0 Å². The summed E-state index contributed by atoms with van der Waals surface area (Å²) in [5, 5.41) is 20.1. The summed E-state index contributed by atoms with van der Waals surface area (Å²) in [6.45, 7) is 3.75. The predicted octanol–water partition coefficient (Wildman–Crippen LogP) is 4.13. The van der Waals surface area contributed by atoms with Gasteiger partial charge < -0.3 is 21.7 Å². The molecule has 2 aromatic carbocycles. The fourth-order valence-electron chi connectivity index (χ4n) is 4.07. The third-order valence-corrected chi connectivity index (χ3v) is 5.47. The number of rotatable bonds is 2. The second kappa shape index (κ2) is 5.93. The lowest BCUT2D eigenvalue weighted by molar-refractivity contribution is 0.345. The summed E-state index contributed by atoms with van der Waals surface area (Å²) in [5.74, 6) is 0.317. The SMILES string of the molecule is Cc1cc(C2(c3cc(C)c(O)c(N)c3)CCCCC2)cc(N)c1O. The lowest BCUT2D eigenvalue weighted by atomic mass is 9.64. The Balaban J connectivity index is 2.23. The van der Waals surface area contributed by atoms with E-state index in [4.69, 9.17) is 11.5 Å². The monoisotopic (exact) mass is 326 g/mol. The molecule has 0 saturated heterocycles. The van der Waals surface area contributed by atoms with Crippen molar-refractivity contribution in [2.75, 3.05) is 11.5 Å². The van der Waals surface area contributed by atoms with E-state index in [0.717, 1.165) is 47.9 Å². The molecule has 4 heteroatoms. The number of phenols is 2. The smallest absolute Gasteiger partial charge is 0.141 e. The molecule has 0 atom stereocenters. The molecule has 0 bridgehead atoms. The van der Waals surface area contributed by atoms with Crippen molar-refractivity contribution < 1.29 is 10.2 Å². The van der Waals surface area contributed by atoms with Gasteiger partial charge in [0.2, 0.25) is 0 Å². The Labute approximate surface area is 143 Å². The summed E-state index contributed by atoms with van der Waals surface area (Å²) in [4.78, 5) is 0. The molecule has 2 aromatic rings. The molecular formula is C20H26N2O2. The Morgan fingerprint density at radius 2 is 1.17 bits per heavy atom. The van der Waals surface area contributed by atoms with Gasteiger partial charge in [0.1, 0.15) is 11.5 Å². The van der Waals surface area contributed by atoms with E-state index in [1.165, 1.54) is 6.42 Å². The molecule has 0 aromatic heterocycles. The molecular weight excluding hydrogens is 300 g/mol. The molecule has 0 radical (unpaired) electrons. The van der Waals surface area contributed by atoms with Crippen molar-refractivity contribution in [1.82, 2.24) is 0 Å². The molecule has 1 aliphatic carbocycles. The van der Waals surface area contributed by atoms with Crippen molar-refractivity contribution in [3.8, 4) is 11.5 Å². The second-order valence-corrected chi connectivity index (χ2v) is 7.10. The van der Waals surface area contributed by atoms with Gasteiger partial charge in [-0.15, -0.1) is 0 Å². The average Bonchev–Trinajstić information content (AvgIpc) is 2.57. The Bertz CT molecular complexity index is 672. The van der Waals surface area contributed by atoms with Crippen molar-refractivity contribution in [3.05, 3.63) is 46.5 Å². The zero-order valence-electron chi connectivity index (χ0n) is 14.4. The van der Waals surface area contributed by atoms with Crippen molar-refractivity contribution in [2.24, 2.45) is 0 Å². The Morgan fingerprint density at radius 1 is 0.750 bits per heavy atom. The number of nitrogen functional groups attached to an aromatic ring is 2. The quantitative estimate of drug-likeness (QED) is 0.493. The molecule has 0 spiro atoms. The molecule has 0 aliphatic heterocycles. The number of aryl methyl sites for hydroxylation is 2. The van der Waals surface area contributed by atoms with Crippen LogP contribution in [0.1, 0.15) is 54.4 Å². The first-order chi connectivity index (χ1) is 11.3. The van der Waals surface area contributed by atoms with Crippen LogP contribution in [0.2, 0.25) is 0 Å². The summed E-state index contributed by atoms with van der Waals surface area (Å²) in [6, 6.07) is 7.86. The molecule has 0 unspecified atom stereocenters. The molecule has 1 fully saturated rings. The van der Waals surface area contributed by atoms with E-state index in [-0.39, 0.29) is 16.9 Å². The topological polar surface area (TPSA) is 92.5 Å². The lowest BCUT2D eigenvalue weighted by Crippen LogP contribution is -2.31. The first-order valence-corrected chi connectivity index (χ1v) is 8.54. The second-order valence-electron chi connectivity index (χ2n) is 7.10. The highest BCUT2D eigenvalue weighted by Gasteiger charge is 2.37. The van der Waals surface area contributed by atoms with Crippen LogP contribution in [0.15, 0.2) is 24.3 Å². The number of benzene rings is 2. The van der Waals surface area contributed by atoms with Gasteiger partial charge in [-0.1, -0.05) is 31.4 Å². The molecule has 0 heterocycles. The van der Waals surface area contributed by atoms with Crippen molar-refractivity contribution in [3.63, 3.8) is 0 Å². The zero-order valence-corrected chi connectivity index (χ0v) is 14.4. The number of hydrogen-bond donors (Lipinski definition) is 4. The Hall–Kier alpha value is -2.36. The number of aromatic hydroxyl groups is 2. The van der Waals surface area contributed by atoms with E-state index in [0.29, 0.717) is 11.4 Å². The number of nitrogens with two attached hydrogens (primary N) is 2. The van der Waals surface area contributed by atoms with Crippen LogP contribution >= 0.6 is 0 Å². The van der Waals surface area contributed by atoms with Gasteiger partial charge in [-0.25, -0.2) is 0 Å². The molecule has 1 saturated carbocycles. The molecule has 6 N–H and O–H groups in total. The molecule has 4 nitrogen and oxygen atoms in total. The van der Waals surface area contributed by atoms with Gasteiger partial charge in [0.05, 0.1) is 11.4 Å². The Morgan fingerprint density at radius 3 is 1.54 bits per heavy atom. The van der Waals surface area contributed by atoms with Gasteiger partial charge in [0.15, 0.2) is 0 Å². The van der Waals surface area contributed by atoms with Gasteiger partial charge in [-0.3, -0.25) is 0 Å². The zero-order chi connectivity index (χ0) is 17.5. The highest BCUT2D eigenvalue weighted by atomic mass is 16.3. The number of anilines is 2. The van der Waals surface area contributed by atoms with E-state index in [2.05, 4.69) is 0 Å². The summed E-state index contributed by atoms with van der Waals surface area (Å²) in [7, 11) is 0. The minimum absolute atomic E-state index is 0.158. The third kappa shape index (κ3) is 2.56. The molecule has 128 valence electrons. The van der Waals surface area contributed by atoms with Gasteiger partial charge in [0, 0.05) is 5.41 Å². The molecule has 1 aliphatic rings. The minimum Gasteiger partial charge on any atom is -0.506 e. The summed E-state index contributed by atoms with van der Waals surface area (Å²) in [5.41, 5.74) is 16.6. The first-order valence-electron chi connectivity index (χ1n) is 8.54. The summed E-state index contributed by atoms with van der Waals surface area (Å²) in [6.07, 6.45) is 5.53. The van der Waals surface area contributed by atoms with E-state index >= 15 is 0 Å². The van der Waals surface area contributed by atoms with Crippen LogP contribution in [-0.2, 0) is 5.41 Å². The summed E-state index contributed by atoms with van der Waals surface area (Å²) >= 11 is 0. The lowest BCUT2D eigenvalue weighted by Gasteiger charge is -2.39. The highest BCUT2D eigenvalue weighted by Crippen LogP contribution is 2.48. The van der Waals surface area contributed by atoms with Crippen LogP contribution in [0, 0.1) is 13.8 Å². The van der Waals surface area contributed by atoms with E-state index in [1.54, 1.807) is 0 Å². The highest BCUT2D eigenvalue weighted by molar-refractivity contribution is 5.63. The largest absolute Gasteiger partial charge is 0.506 e. The van der Waals surface area contributed by atoms with E-state index in [1.807, 2.05) is 38.1 Å². The summed E-state index contributed by atoms with van der Waals surface area (Å²) < 4.78 is 0. The standard InChI is InChI=1S/C20H26N2O2/c1-12-8-14(10-16(21)18(12)23)20(6-4-3-5-7-20)15-9-13(2)19(24)17(22)11-15/h8-11,23-24H,3-7,21-22H2,1-2H3. The first kappa shape index (κ1) is 16.5. The average molecular weight is 326 g/mol. The van der Waals surface area contributed by atoms with Gasteiger partial charge in [0.25, 0.3) is 0 Å². The van der Waals surface area contributed by atoms with Crippen molar-refractivity contribution in [1.29, 1.82) is 0 Å². The van der Waals surface area contributed by atoms with Crippen LogP contribution in [0.5, 0.6) is 11.5 Å². The maximum absolute atomic E-state index is 10.0. The fraction of sp³-hybridized carbons (Fsp3) is 0.400. The molecule has 0 amide bonds. The van der Waals surface area contributed by atoms with Gasteiger partial charge in [-0.05, 0) is 61.1 Å². The van der Waals surface area contributed by atoms with Crippen LogP contribution in [0.3, 0.4) is 0 Å². The fourth-order valence-corrected chi connectivity index (χ4v) is 4.07. The van der Waals surface area contributed by atoms with Crippen LogP contribution in [0.4, 0.5) is 11.4 Å². The van der Waals surface area contributed by atoms with E-state index in [9.17, 15) is 10.2 Å². The van der Waals surface area contributed by atoms with Crippen LogP contribution in [-0.4, -0.2) is 10.2 Å². The molecule has 3 rings (SSSR count). The molecule has 24 heavy (non-hydrogen) atoms. The van der Waals surface area contributed by atoms with Crippen LogP contribution < -0.4 is 11.5 Å². The minimum atomic E-state index is -0.169. The third-order valence-electron chi connectivity index (χ3n) is 5.47. The maximum atomic E-state index is 10.0. The Kier molecular flexibility index (Phi) is 4.08. The predicted molar refractivity (Wildman–Crippen MR) is 98.4 cm³/mol. The van der Waals surface area contributed by atoms with Gasteiger partial charge in [-0.2, -0.15) is 0 Å². The van der Waals surface area contributed by atoms with Crippen LogP contribution in [0.25, 0.3) is 0 Å². The number of hydrogen-bond acceptors (Lipinski definition) is 4. The van der Waals surface area contributed by atoms with Crippen molar-refractivity contribution in [2.45, 2.75) is 51.4 Å². The normalized spacial score (nSPS) is 16.9.